The van der Waals surface area contributed by atoms with Gasteiger partial charge in [-0.05, 0) is 0 Å². The summed E-state index contributed by atoms with van der Waals surface area (Å²) < 4.78 is 4.70. The molecule has 1 unspecified atom stereocenters. The Morgan fingerprint density at radius 1 is 1.77 bits per heavy atom. The smallest absolute Gasteiger partial charge is 0.346 e. The molecule has 0 saturated carbocycles. The predicted octanol–water partition coefficient (Wildman–Crippen LogP) is -0.953. The van der Waals surface area contributed by atoms with Gasteiger partial charge in [0, 0.05) is 11.8 Å². The van der Waals surface area contributed by atoms with Crippen molar-refractivity contribution < 1.29 is 9.42 Å². The van der Waals surface area contributed by atoms with Crippen LogP contribution in [0.2, 0.25) is 0 Å². The van der Waals surface area contributed by atoms with E-state index in [9.17, 15) is 4.79 Å². The normalized spacial score (nSPS) is 12.8. The largest absolute Gasteiger partial charge is 0.383 e. The number of nitrogens with two attached hydrogens (primary N) is 2. The third-order valence-electron chi connectivity index (χ3n) is 1.27. The average Bonchev–Trinajstić information content (AvgIpc) is 2.02. The van der Waals surface area contributed by atoms with Gasteiger partial charge in [-0.2, -0.15) is 4.98 Å². The number of nitrogen functional groups attached to an aromatic ring is 1. The second-order valence-electron chi connectivity index (χ2n) is 2.19. The van der Waals surface area contributed by atoms with Gasteiger partial charge in [0.25, 0.3) is 0 Å². The third-order valence-corrected chi connectivity index (χ3v) is 1.67. The molecule has 0 aliphatic heterocycles. The Kier molecular flexibility index (Phi) is 3.32. The zero-order valence-corrected chi connectivity index (χ0v) is 7.49. The molecule has 1 atom stereocenters. The Morgan fingerprint density at radius 3 is 3.00 bits per heavy atom. The number of nitrogens with zero attached hydrogens (tertiary/aromatic N) is 1. The van der Waals surface area contributed by atoms with E-state index >= 15 is 0 Å². The fourth-order valence-corrected chi connectivity index (χ4v) is 0.959. The molecule has 8 heteroatoms. The maximum atomic E-state index is 10.6. The number of rotatable bonds is 3. The van der Waals surface area contributed by atoms with Crippen LogP contribution in [0.3, 0.4) is 0 Å². The van der Waals surface area contributed by atoms with Crippen molar-refractivity contribution in [3.63, 3.8) is 0 Å². The van der Waals surface area contributed by atoms with E-state index in [1.807, 2.05) is 0 Å². The molecule has 1 aromatic rings. The number of H-pyrrole nitrogens is 1. The van der Waals surface area contributed by atoms with Gasteiger partial charge in [0.15, 0.2) is 0 Å². The first-order chi connectivity index (χ1) is 6.09. The minimum atomic E-state index is -1.92. The topological polar surface area (TPSA) is 127 Å². The third kappa shape index (κ3) is 3.08. The van der Waals surface area contributed by atoms with Gasteiger partial charge >= 0.3 is 5.69 Å². The fraction of sp³-hybridized carbons (Fsp3) is 0.200. The van der Waals surface area contributed by atoms with Gasteiger partial charge in [0.2, 0.25) is 8.53 Å². The lowest BCUT2D eigenvalue weighted by molar-refractivity contribution is 0.299. The van der Waals surface area contributed by atoms with Crippen LogP contribution in [0, 0.1) is 0 Å². The Hall–Kier alpha value is -1.01. The van der Waals surface area contributed by atoms with Gasteiger partial charge in [-0.1, -0.05) is 0 Å². The van der Waals surface area contributed by atoms with Gasteiger partial charge in [0.1, 0.15) is 5.82 Å². The standard InChI is InChI=1S/C5H9N4O3P/c6-4-3(2-12-13(7)11)1-8-5(10)9-4/h1,11H,2,7H2,(H3,6,8,9,10). The molecule has 0 amide bonds. The van der Waals surface area contributed by atoms with Crippen molar-refractivity contribution in [2.45, 2.75) is 6.61 Å². The molecule has 1 rings (SSSR count). The molecule has 0 saturated heterocycles. The first kappa shape index (κ1) is 10.1. The van der Waals surface area contributed by atoms with Gasteiger partial charge in [-0.3, -0.25) is 5.50 Å². The van der Waals surface area contributed by atoms with E-state index in [0.29, 0.717) is 5.56 Å². The summed E-state index contributed by atoms with van der Waals surface area (Å²) in [7, 11) is -1.92. The van der Waals surface area contributed by atoms with Crippen LogP contribution < -0.4 is 16.9 Å². The number of nitrogens with one attached hydrogen (secondary N) is 1. The first-order valence-electron chi connectivity index (χ1n) is 3.30. The molecule has 1 heterocycles. The summed E-state index contributed by atoms with van der Waals surface area (Å²) >= 11 is 0. The zero-order chi connectivity index (χ0) is 9.84. The van der Waals surface area contributed by atoms with Crippen molar-refractivity contribution in [1.29, 1.82) is 0 Å². The van der Waals surface area contributed by atoms with Gasteiger partial charge in [-0.15, -0.1) is 0 Å². The van der Waals surface area contributed by atoms with Crippen LogP contribution in [0.25, 0.3) is 0 Å². The van der Waals surface area contributed by atoms with Crippen LogP contribution in [-0.4, -0.2) is 14.9 Å². The maximum Gasteiger partial charge on any atom is 0.346 e. The van der Waals surface area contributed by atoms with Gasteiger partial charge in [-0.25, -0.2) is 4.79 Å². The summed E-state index contributed by atoms with van der Waals surface area (Å²) in [6.45, 7) is 0.0221. The first-order valence-corrected chi connectivity index (χ1v) is 4.58. The van der Waals surface area contributed by atoms with Crippen molar-refractivity contribution >= 4 is 14.3 Å². The fourth-order valence-electron chi connectivity index (χ4n) is 0.688. The second kappa shape index (κ2) is 4.29. The highest BCUT2D eigenvalue weighted by atomic mass is 31.2. The van der Waals surface area contributed by atoms with E-state index in [-0.39, 0.29) is 12.4 Å². The minimum absolute atomic E-state index is 0.0221. The highest BCUT2D eigenvalue weighted by molar-refractivity contribution is 7.43. The molecule has 0 spiro atoms. The number of aromatic amines is 1. The van der Waals surface area contributed by atoms with Crippen molar-refractivity contribution in [2.75, 3.05) is 5.73 Å². The van der Waals surface area contributed by atoms with E-state index < -0.39 is 14.2 Å². The molecule has 1 aromatic heterocycles. The monoisotopic (exact) mass is 204 g/mol. The van der Waals surface area contributed by atoms with Crippen LogP contribution in [-0.2, 0) is 11.1 Å². The maximum absolute atomic E-state index is 10.6. The van der Waals surface area contributed by atoms with Crippen LogP contribution in [0.5, 0.6) is 0 Å². The molecule has 0 fully saturated rings. The van der Waals surface area contributed by atoms with E-state index in [4.69, 9.17) is 20.7 Å². The summed E-state index contributed by atoms with van der Waals surface area (Å²) in [6.07, 6.45) is 1.36. The SMILES string of the molecule is Nc1nc(=O)[nH]cc1COP(N)O. The number of anilines is 1. The molecular weight excluding hydrogens is 195 g/mol. The highest BCUT2D eigenvalue weighted by Gasteiger charge is 2.03. The van der Waals surface area contributed by atoms with E-state index in [2.05, 4.69) is 9.97 Å². The second-order valence-corrected chi connectivity index (χ2v) is 3.06. The Bertz CT molecular complexity index is 339. The summed E-state index contributed by atoms with van der Waals surface area (Å²) in [5.74, 6) is 0.0700. The van der Waals surface area contributed by atoms with E-state index in [1.54, 1.807) is 0 Å². The lowest BCUT2D eigenvalue weighted by Crippen LogP contribution is -2.14. The lowest BCUT2D eigenvalue weighted by Gasteiger charge is -2.05. The Balaban J connectivity index is 2.72. The van der Waals surface area contributed by atoms with Crippen LogP contribution in [0.4, 0.5) is 5.82 Å². The molecule has 0 bridgehead atoms. The molecule has 6 N–H and O–H groups in total. The van der Waals surface area contributed by atoms with Crippen LogP contribution in [0.1, 0.15) is 5.56 Å². The zero-order valence-electron chi connectivity index (χ0n) is 6.60. The highest BCUT2D eigenvalue weighted by Crippen LogP contribution is 2.22. The van der Waals surface area contributed by atoms with Gasteiger partial charge < -0.3 is 20.1 Å². The minimum Gasteiger partial charge on any atom is -0.383 e. The lowest BCUT2D eigenvalue weighted by atomic mass is 10.3. The number of hydrogen-bond donors (Lipinski definition) is 4. The molecule has 0 aliphatic rings. The van der Waals surface area contributed by atoms with Crippen LogP contribution in [0.15, 0.2) is 11.0 Å². The van der Waals surface area contributed by atoms with E-state index in [0.717, 1.165) is 0 Å². The van der Waals surface area contributed by atoms with Crippen LogP contribution >= 0.6 is 8.53 Å². The predicted molar refractivity (Wildman–Crippen MR) is 47.4 cm³/mol. The van der Waals surface area contributed by atoms with Crippen molar-refractivity contribution in [2.24, 2.45) is 5.50 Å². The Morgan fingerprint density at radius 2 is 2.46 bits per heavy atom. The molecule has 0 aromatic carbocycles. The summed E-state index contributed by atoms with van der Waals surface area (Å²) in [5.41, 5.74) is 10.3. The Labute approximate surface area is 74.7 Å². The van der Waals surface area contributed by atoms with Crippen molar-refractivity contribution in [3.8, 4) is 0 Å². The van der Waals surface area contributed by atoms with Gasteiger partial charge in [0.05, 0.1) is 6.61 Å². The molecule has 7 nitrogen and oxygen atoms in total. The van der Waals surface area contributed by atoms with Crippen molar-refractivity contribution in [1.82, 2.24) is 9.97 Å². The number of hydrogen-bond acceptors (Lipinski definition) is 6. The molecular formula is C5H9N4O3P. The summed E-state index contributed by atoms with van der Waals surface area (Å²) in [5, 5.41) is 0. The van der Waals surface area contributed by atoms with Crippen molar-refractivity contribution in [3.05, 3.63) is 22.2 Å². The molecule has 72 valence electrons. The molecule has 13 heavy (non-hydrogen) atoms. The number of aromatic nitrogens is 2. The molecule has 0 aliphatic carbocycles. The molecule has 0 radical (unpaired) electrons. The quantitative estimate of drug-likeness (QED) is 0.470. The average molecular weight is 204 g/mol. The summed E-state index contributed by atoms with van der Waals surface area (Å²) in [4.78, 5) is 25.0. The van der Waals surface area contributed by atoms with E-state index in [1.165, 1.54) is 6.20 Å². The summed E-state index contributed by atoms with van der Waals surface area (Å²) in [6, 6.07) is 0.